The smallest absolute Gasteiger partial charge is 0.156 e. The van der Waals surface area contributed by atoms with Gasteiger partial charge in [-0.15, -0.1) is 0 Å². The van der Waals surface area contributed by atoms with Gasteiger partial charge in [0.05, 0.1) is 6.26 Å². The van der Waals surface area contributed by atoms with Gasteiger partial charge >= 0.3 is 0 Å². The maximum atomic E-state index is 4.79. The summed E-state index contributed by atoms with van der Waals surface area (Å²) in [6, 6.07) is 0. The van der Waals surface area contributed by atoms with Crippen LogP contribution in [-0.4, -0.2) is 5.44 Å². The Morgan fingerprint density at radius 3 is 2.83 bits per heavy atom. The maximum absolute atomic E-state index is 4.79. The van der Waals surface area contributed by atoms with Crippen molar-refractivity contribution in [3.8, 4) is 0 Å². The molecule has 1 heterocycles. The van der Waals surface area contributed by atoms with Gasteiger partial charge in [-0.3, -0.25) is 0 Å². The Morgan fingerprint density at radius 1 is 1.83 bits per heavy atom. The summed E-state index contributed by atoms with van der Waals surface area (Å²) in [5, 5.41) is 0. The maximum Gasteiger partial charge on any atom is 0.156 e. The summed E-state index contributed by atoms with van der Waals surface area (Å²) in [7, 11) is 0. The second-order valence-corrected chi connectivity index (χ2v) is 1.70. The Bertz CT molecular complexity index is 61.9. The molecular formula is C4H5OS. The van der Waals surface area contributed by atoms with E-state index >= 15 is 0 Å². The third-order valence-electron chi connectivity index (χ3n) is 0.655. The lowest BCUT2D eigenvalue weighted by molar-refractivity contribution is 0.252. The summed E-state index contributed by atoms with van der Waals surface area (Å²) in [4.78, 5) is 0. The molecule has 0 aromatic heterocycles. The number of ether oxygens (including phenoxy) is 1. The fourth-order valence-electron chi connectivity index (χ4n) is 0.365. The van der Waals surface area contributed by atoms with Gasteiger partial charge in [0.2, 0.25) is 0 Å². The quantitative estimate of drug-likeness (QED) is 0.448. The average Bonchev–Trinajstić information content (AvgIpc) is 1.86. The van der Waals surface area contributed by atoms with E-state index in [4.69, 9.17) is 17.4 Å². The van der Waals surface area contributed by atoms with Crippen LogP contribution in [0.1, 0.15) is 6.42 Å². The average molecular weight is 101 g/mol. The van der Waals surface area contributed by atoms with Crippen molar-refractivity contribution in [2.75, 3.05) is 0 Å². The van der Waals surface area contributed by atoms with Crippen LogP contribution in [0.2, 0.25) is 0 Å². The summed E-state index contributed by atoms with van der Waals surface area (Å²) in [5.41, 5.74) is 0.0185. The zero-order valence-corrected chi connectivity index (χ0v) is 4.07. The molecule has 0 aliphatic carbocycles. The molecule has 1 rings (SSSR count). The van der Waals surface area contributed by atoms with Crippen molar-refractivity contribution < 1.29 is 4.74 Å². The molecule has 6 heavy (non-hydrogen) atoms. The van der Waals surface area contributed by atoms with E-state index in [0.29, 0.717) is 0 Å². The van der Waals surface area contributed by atoms with Crippen molar-refractivity contribution >= 4 is 12.6 Å². The van der Waals surface area contributed by atoms with Gasteiger partial charge < -0.3 is 4.74 Å². The fraction of sp³-hybridized carbons (Fsp3) is 0.500. The molecule has 0 aromatic carbocycles. The first-order valence-electron chi connectivity index (χ1n) is 1.86. The van der Waals surface area contributed by atoms with E-state index in [1.165, 1.54) is 0 Å². The molecule has 0 N–H and O–H groups in total. The van der Waals surface area contributed by atoms with Crippen molar-refractivity contribution in [1.82, 2.24) is 0 Å². The molecule has 0 fully saturated rings. The lowest BCUT2D eigenvalue weighted by atomic mass is 10.5. The molecule has 1 aliphatic rings. The molecule has 0 amide bonds. The Balaban J connectivity index is 2.32. The summed E-state index contributed by atoms with van der Waals surface area (Å²) < 4.78 is 4.79. The van der Waals surface area contributed by atoms with Crippen LogP contribution in [-0.2, 0) is 4.74 Å². The topological polar surface area (TPSA) is 9.23 Å². The Morgan fingerprint density at radius 2 is 2.67 bits per heavy atom. The van der Waals surface area contributed by atoms with Crippen molar-refractivity contribution in [2.45, 2.75) is 11.9 Å². The van der Waals surface area contributed by atoms with Gasteiger partial charge in [-0.05, 0) is 18.7 Å². The highest BCUT2D eigenvalue weighted by Gasteiger charge is 2.02. The van der Waals surface area contributed by atoms with E-state index in [1.54, 1.807) is 6.26 Å². The van der Waals surface area contributed by atoms with Gasteiger partial charge in [-0.1, -0.05) is 0 Å². The molecular weight excluding hydrogens is 96.1 g/mol. The van der Waals surface area contributed by atoms with Crippen molar-refractivity contribution in [3.05, 3.63) is 12.3 Å². The minimum absolute atomic E-state index is 0.0185. The first-order chi connectivity index (χ1) is 2.89. The molecule has 0 spiro atoms. The molecule has 0 saturated carbocycles. The van der Waals surface area contributed by atoms with Gasteiger partial charge in [-0.25, -0.2) is 0 Å². The van der Waals surface area contributed by atoms with Crippen molar-refractivity contribution in [3.63, 3.8) is 0 Å². The van der Waals surface area contributed by atoms with Gasteiger partial charge in [-0.2, -0.15) is 0 Å². The van der Waals surface area contributed by atoms with Crippen LogP contribution in [0.3, 0.4) is 0 Å². The number of rotatable bonds is 0. The molecule has 1 nitrogen and oxygen atoms in total. The largest absolute Gasteiger partial charge is 0.487 e. The molecule has 1 aliphatic heterocycles. The van der Waals surface area contributed by atoms with Crippen LogP contribution in [0.25, 0.3) is 0 Å². The summed E-state index contributed by atoms with van der Waals surface area (Å²) >= 11 is 4.72. The first-order valence-corrected chi connectivity index (χ1v) is 2.33. The molecule has 1 atom stereocenters. The third kappa shape index (κ3) is 0.684. The van der Waals surface area contributed by atoms with E-state index < -0.39 is 0 Å². The zero-order valence-electron chi connectivity index (χ0n) is 3.26. The first kappa shape index (κ1) is 4.06. The highest BCUT2D eigenvalue weighted by atomic mass is 32.1. The predicted molar refractivity (Wildman–Crippen MR) is 26.2 cm³/mol. The van der Waals surface area contributed by atoms with Gasteiger partial charge in [0.25, 0.3) is 0 Å². The molecule has 33 valence electrons. The van der Waals surface area contributed by atoms with E-state index in [-0.39, 0.29) is 5.44 Å². The second-order valence-electron chi connectivity index (χ2n) is 1.17. The van der Waals surface area contributed by atoms with Crippen LogP contribution < -0.4 is 0 Å². The third-order valence-corrected chi connectivity index (χ3v) is 0.959. The van der Waals surface area contributed by atoms with Gasteiger partial charge in [0.15, 0.2) is 5.44 Å². The summed E-state index contributed by atoms with van der Waals surface area (Å²) in [5.74, 6) is 0. The van der Waals surface area contributed by atoms with Gasteiger partial charge in [0.1, 0.15) is 0 Å². The van der Waals surface area contributed by atoms with E-state index in [9.17, 15) is 0 Å². The highest BCUT2D eigenvalue weighted by Crippen LogP contribution is 2.10. The monoisotopic (exact) mass is 101 g/mol. The number of hydrogen-bond acceptors (Lipinski definition) is 1. The Labute approximate surface area is 42.4 Å². The molecule has 1 radical (unpaired) electrons. The van der Waals surface area contributed by atoms with E-state index in [0.717, 1.165) is 6.42 Å². The summed E-state index contributed by atoms with van der Waals surface area (Å²) in [6.07, 6.45) is 4.48. The van der Waals surface area contributed by atoms with Gasteiger partial charge in [0, 0.05) is 6.42 Å². The van der Waals surface area contributed by atoms with Crippen molar-refractivity contribution in [2.24, 2.45) is 0 Å². The molecule has 1 unspecified atom stereocenters. The molecule has 2 heteroatoms. The van der Waals surface area contributed by atoms with Crippen LogP contribution in [0, 0.1) is 0 Å². The normalized spacial score (nSPS) is 30.5. The van der Waals surface area contributed by atoms with Crippen LogP contribution in [0.15, 0.2) is 12.3 Å². The molecule has 0 saturated heterocycles. The minimum atomic E-state index is 0.0185. The zero-order chi connectivity index (χ0) is 4.41. The van der Waals surface area contributed by atoms with Crippen LogP contribution in [0.5, 0.6) is 0 Å². The minimum Gasteiger partial charge on any atom is -0.487 e. The SMILES string of the molecule is [S]C1CC=CO1. The van der Waals surface area contributed by atoms with E-state index in [2.05, 4.69) is 0 Å². The lowest BCUT2D eigenvalue weighted by Gasteiger charge is -1.94. The fourth-order valence-corrected chi connectivity index (χ4v) is 0.541. The van der Waals surface area contributed by atoms with Crippen LogP contribution in [0.4, 0.5) is 0 Å². The summed E-state index contributed by atoms with van der Waals surface area (Å²) in [6.45, 7) is 0. The highest BCUT2D eigenvalue weighted by molar-refractivity contribution is 7.80. The van der Waals surface area contributed by atoms with Crippen molar-refractivity contribution in [1.29, 1.82) is 0 Å². The molecule has 0 bridgehead atoms. The Kier molecular flexibility index (Phi) is 1.05. The molecule has 0 aromatic rings. The second kappa shape index (κ2) is 1.56. The van der Waals surface area contributed by atoms with E-state index in [1.807, 2.05) is 6.08 Å². The number of hydrogen-bond donors (Lipinski definition) is 0. The standard InChI is InChI=1S/C4H5OS/c6-4-2-1-3-5-4/h1,3-4H,2H2. The Hall–Kier alpha value is -0.110. The lowest BCUT2D eigenvalue weighted by Crippen LogP contribution is -1.89. The van der Waals surface area contributed by atoms with Crippen LogP contribution >= 0.6 is 12.6 Å². The predicted octanol–water partition coefficient (Wildman–Crippen LogP) is 1.44.